The van der Waals surface area contributed by atoms with Crippen LogP contribution in [0.4, 0.5) is 31.5 Å². The lowest BCUT2D eigenvalue weighted by molar-refractivity contribution is 0.483. The van der Waals surface area contributed by atoms with Crippen LogP contribution in [0.2, 0.25) is 0 Å². The van der Waals surface area contributed by atoms with E-state index in [-0.39, 0.29) is 17.3 Å². The minimum absolute atomic E-state index is 0.0476. The Labute approximate surface area is 380 Å². The minimum Gasteiger partial charge on any atom is -0.457 e. The van der Waals surface area contributed by atoms with Crippen molar-refractivity contribution in [1.29, 1.82) is 0 Å². The van der Waals surface area contributed by atoms with E-state index in [0.717, 1.165) is 67.6 Å². The summed E-state index contributed by atoms with van der Waals surface area (Å²) in [5.74, 6) is 1.59. The number of para-hydroxylation sites is 4. The van der Waals surface area contributed by atoms with E-state index in [1.54, 1.807) is 0 Å². The summed E-state index contributed by atoms with van der Waals surface area (Å²) in [6.45, 7) is 16.1. The molecule has 0 saturated carbocycles. The monoisotopic (exact) mass is 858 g/mol. The van der Waals surface area contributed by atoms with Crippen LogP contribution in [0.5, 0.6) is 11.5 Å². The number of pyridine rings is 1. The highest BCUT2D eigenvalue weighted by atomic mass is 19.1. The molecule has 3 heterocycles. The van der Waals surface area contributed by atoms with Crippen LogP contribution in [0.1, 0.15) is 77.0 Å². The van der Waals surface area contributed by atoms with Crippen LogP contribution in [0.15, 0.2) is 164 Å². The van der Waals surface area contributed by atoms with Crippen LogP contribution in [-0.4, -0.2) is 16.2 Å². The van der Waals surface area contributed by atoms with Gasteiger partial charge in [0.2, 0.25) is 0 Å². The Morgan fingerprint density at radius 3 is 1.91 bits per heavy atom. The number of ether oxygens (including phenoxy) is 1. The van der Waals surface area contributed by atoms with Gasteiger partial charge in [-0.1, -0.05) is 115 Å². The molecule has 1 aliphatic heterocycles. The van der Waals surface area contributed by atoms with Crippen LogP contribution in [0.25, 0.3) is 49.9 Å². The topological polar surface area (TPSA) is 33.5 Å². The summed E-state index contributed by atoms with van der Waals surface area (Å²) in [5.41, 5.74) is 13.1. The lowest BCUT2D eigenvalue weighted by atomic mass is 9.85. The number of fused-ring (bicyclic) bond motifs is 4. The number of halogens is 2. The van der Waals surface area contributed by atoms with Gasteiger partial charge < -0.3 is 14.5 Å². The lowest BCUT2D eigenvalue weighted by Gasteiger charge is -2.26. The van der Waals surface area contributed by atoms with E-state index in [1.165, 1.54) is 34.4 Å². The van der Waals surface area contributed by atoms with Crippen LogP contribution >= 0.6 is 0 Å². The number of aromatic nitrogens is 2. The fourth-order valence-corrected chi connectivity index (χ4v) is 9.53. The zero-order valence-electron chi connectivity index (χ0n) is 37.9. The Balaban J connectivity index is 1.13. The number of hydrogen-bond donors (Lipinski definition) is 0. The van der Waals surface area contributed by atoms with E-state index in [1.807, 2.05) is 36.5 Å². The molecule has 324 valence electrons. The first-order valence-electron chi connectivity index (χ1n) is 22.5. The van der Waals surface area contributed by atoms with Crippen LogP contribution in [0.3, 0.4) is 0 Å². The molecule has 9 aromatic rings. The molecule has 0 saturated heterocycles. The zero-order valence-corrected chi connectivity index (χ0v) is 37.9. The van der Waals surface area contributed by atoms with Gasteiger partial charge in [-0.05, 0) is 123 Å². The Morgan fingerprint density at radius 1 is 0.554 bits per heavy atom. The maximum Gasteiger partial charge on any atom is 0.137 e. The molecule has 0 radical (unpaired) electrons. The van der Waals surface area contributed by atoms with E-state index in [9.17, 15) is 8.78 Å². The molecule has 0 N–H and O–H groups in total. The predicted molar refractivity (Wildman–Crippen MR) is 265 cm³/mol. The van der Waals surface area contributed by atoms with Crippen molar-refractivity contribution in [3.8, 4) is 39.6 Å². The van der Waals surface area contributed by atoms with Gasteiger partial charge in [0.25, 0.3) is 0 Å². The number of benzene rings is 7. The highest BCUT2D eigenvalue weighted by molar-refractivity contribution is 6.09. The molecule has 10 rings (SSSR count). The quantitative estimate of drug-likeness (QED) is 0.145. The Morgan fingerprint density at radius 2 is 1.20 bits per heavy atom. The summed E-state index contributed by atoms with van der Waals surface area (Å²) in [6.07, 6.45) is 1.90. The van der Waals surface area contributed by atoms with Crippen molar-refractivity contribution in [3.05, 3.63) is 192 Å². The van der Waals surface area contributed by atoms with E-state index in [4.69, 9.17) is 9.72 Å². The third-order valence-electron chi connectivity index (χ3n) is 12.7. The second kappa shape index (κ2) is 16.4. The minimum atomic E-state index is -0.614. The predicted octanol–water partition coefficient (Wildman–Crippen LogP) is 16.4. The normalized spacial score (nSPS) is 12.8. The molecule has 0 fully saturated rings. The fraction of sp³-hybridized carbons (Fsp3) is 0.190. The lowest BCUT2D eigenvalue weighted by Crippen LogP contribution is -2.24. The fourth-order valence-electron chi connectivity index (χ4n) is 9.53. The molecule has 7 aromatic carbocycles. The smallest absolute Gasteiger partial charge is 0.137 e. The highest BCUT2D eigenvalue weighted by Gasteiger charge is 2.31. The number of rotatable bonds is 9. The number of hydrogen-bond acceptors (Lipinski definition) is 4. The van der Waals surface area contributed by atoms with Gasteiger partial charge in [0, 0.05) is 46.4 Å². The molecule has 0 amide bonds. The van der Waals surface area contributed by atoms with Gasteiger partial charge in [0.05, 0.1) is 28.1 Å². The molecule has 2 aromatic heterocycles. The molecule has 0 bridgehead atoms. The van der Waals surface area contributed by atoms with Crippen molar-refractivity contribution < 1.29 is 13.5 Å². The maximum absolute atomic E-state index is 14.7. The van der Waals surface area contributed by atoms with E-state index >= 15 is 0 Å². The van der Waals surface area contributed by atoms with E-state index in [0.29, 0.717) is 23.7 Å². The third kappa shape index (κ3) is 7.69. The van der Waals surface area contributed by atoms with Crippen LogP contribution < -0.4 is 14.5 Å². The second-order valence-corrected chi connectivity index (χ2v) is 18.8. The van der Waals surface area contributed by atoms with Gasteiger partial charge in [0.1, 0.15) is 35.6 Å². The van der Waals surface area contributed by atoms with Crippen molar-refractivity contribution in [1.82, 2.24) is 9.55 Å². The average molecular weight is 859 g/mol. The molecule has 5 nitrogen and oxygen atoms in total. The Kier molecular flexibility index (Phi) is 10.5. The van der Waals surface area contributed by atoms with Gasteiger partial charge >= 0.3 is 0 Å². The Hall–Kier alpha value is -7.25. The third-order valence-corrected chi connectivity index (χ3v) is 12.7. The largest absolute Gasteiger partial charge is 0.457 e. The standard InChI is InChI=1S/C58H52F2N4O/c1-36(2)46-17-14-18-47(37(3)4)57(46)39-29-43(62-35-63(54-22-13-12-21-53(54)62)51-19-10-8-15-48(51)38-27-41(59)32-42(60)28-38)33-45(30-39)65-44-23-24-50-49-16-9-11-20-52(49)64(55(50)34-44)56-31-40(25-26-61-56)58(5,6)7/h8-34,36-37H,35H2,1-7H3. The average Bonchev–Trinajstić information content (AvgIpc) is 3.84. The molecule has 65 heavy (non-hydrogen) atoms. The van der Waals surface area contributed by atoms with Gasteiger partial charge in [-0.15, -0.1) is 0 Å². The first-order chi connectivity index (χ1) is 31.3. The summed E-state index contributed by atoms with van der Waals surface area (Å²) >= 11 is 0. The van der Waals surface area contributed by atoms with Crippen LogP contribution in [-0.2, 0) is 5.41 Å². The SMILES string of the molecule is CC(C)c1cccc(C(C)C)c1-c1cc(Oc2ccc3c4ccccc4n(-c4cc(C(C)(C)C)ccn4)c3c2)cc(N2CN(c3ccccc3-c3cc(F)cc(F)c3)c3ccccc32)c1. The molecular formula is C58H52F2N4O. The van der Waals surface area contributed by atoms with Crippen molar-refractivity contribution in [2.75, 3.05) is 16.5 Å². The maximum atomic E-state index is 14.7. The van der Waals surface area contributed by atoms with Crippen molar-refractivity contribution in [3.63, 3.8) is 0 Å². The molecular weight excluding hydrogens is 807 g/mol. The van der Waals surface area contributed by atoms with E-state index in [2.05, 4.69) is 172 Å². The van der Waals surface area contributed by atoms with Crippen molar-refractivity contribution >= 4 is 44.6 Å². The summed E-state index contributed by atoms with van der Waals surface area (Å²) in [5, 5.41) is 2.27. The molecule has 1 aliphatic rings. The second-order valence-electron chi connectivity index (χ2n) is 18.8. The molecule has 0 spiro atoms. The van der Waals surface area contributed by atoms with Gasteiger partial charge in [0.15, 0.2) is 0 Å². The molecule has 0 atom stereocenters. The van der Waals surface area contributed by atoms with Gasteiger partial charge in [-0.3, -0.25) is 4.57 Å². The number of anilines is 4. The molecule has 0 aliphatic carbocycles. The molecule has 7 heteroatoms. The van der Waals surface area contributed by atoms with Gasteiger partial charge in [-0.25, -0.2) is 13.8 Å². The number of nitrogens with zero attached hydrogens (tertiary/aromatic N) is 4. The first kappa shape index (κ1) is 41.7. The first-order valence-corrected chi connectivity index (χ1v) is 22.5. The Bertz CT molecular complexity index is 3220. The van der Waals surface area contributed by atoms with Crippen molar-refractivity contribution in [2.45, 2.75) is 65.7 Å². The summed E-state index contributed by atoms with van der Waals surface area (Å²) < 4.78 is 38.7. The van der Waals surface area contributed by atoms with Crippen LogP contribution in [0, 0.1) is 11.6 Å². The van der Waals surface area contributed by atoms with Crippen molar-refractivity contribution in [2.24, 2.45) is 0 Å². The summed E-state index contributed by atoms with van der Waals surface area (Å²) in [6, 6.07) is 52.2. The summed E-state index contributed by atoms with van der Waals surface area (Å²) in [7, 11) is 0. The summed E-state index contributed by atoms with van der Waals surface area (Å²) in [4.78, 5) is 9.43. The highest BCUT2D eigenvalue weighted by Crippen LogP contribution is 2.49. The zero-order chi connectivity index (χ0) is 45.1. The molecule has 0 unspecified atom stereocenters. The van der Waals surface area contributed by atoms with Gasteiger partial charge in [-0.2, -0.15) is 0 Å². The van der Waals surface area contributed by atoms with E-state index < -0.39 is 11.6 Å².